The molecule has 0 bridgehead atoms. The highest BCUT2D eigenvalue weighted by Crippen LogP contribution is 2.14. The molecule has 0 aliphatic heterocycles. The van der Waals surface area contributed by atoms with Gasteiger partial charge in [0.1, 0.15) is 17.1 Å². The van der Waals surface area contributed by atoms with Crippen LogP contribution in [-0.2, 0) is 13.1 Å². The Morgan fingerprint density at radius 3 is 2.84 bits per heavy atom. The summed E-state index contributed by atoms with van der Waals surface area (Å²) in [5.41, 5.74) is 0.983. The number of nitrogens with zero attached hydrogens (tertiary/aromatic N) is 1. The molecule has 0 fully saturated rings. The lowest BCUT2D eigenvalue weighted by molar-refractivity contribution is 0.0693. The zero-order valence-electron chi connectivity index (χ0n) is 10.5. The lowest BCUT2D eigenvalue weighted by atomic mass is 10.2. The van der Waals surface area contributed by atoms with Crippen LogP contribution in [0.4, 0.5) is 4.39 Å². The van der Waals surface area contributed by atoms with E-state index in [1.54, 1.807) is 6.07 Å². The van der Waals surface area contributed by atoms with Crippen molar-refractivity contribution in [3.05, 3.63) is 59.3 Å². The molecule has 4 nitrogen and oxygen atoms in total. The van der Waals surface area contributed by atoms with Gasteiger partial charge in [0.15, 0.2) is 0 Å². The van der Waals surface area contributed by atoms with Crippen molar-refractivity contribution < 1.29 is 18.7 Å². The van der Waals surface area contributed by atoms with Crippen LogP contribution in [0.1, 0.15) is 21.7 Å². The highest BCUT2D eigenvalue weighted by molar-refractivity contribution is 5.88. The normalized spacial score (nSPS) is 10.9. The Morgan fingerprint density at radius 1 is 1.37 bits per heavy atom. The molecule has 0 saturated carbocycles. The van der Waals surface area contributed by atoms with Gasteiger partial charge in [-0.05, 0) is 30.8 Å². The average molecular weight is 263 g/mol. The number of aromatic carboxylic acids is 1. The molecule has 0 unspecified atom stereocenters. The molecule has 100 valence electrons. The van der Waals surface area contributed by atoms with Gasteiger partial charge >= 0.3 is 5.97 Å². The van der Waals surface area contributed by atoms with Crippen molar-refractivity contribution in [2.45, 2.75) is 13.1 Å². The number of carboxylic acids is 1. The first-order chi connectivity index (χ1) is 9.06. The van der Waals surface area contributed by atoms with Gasteiger partial charge < -0.3 is 9.52 Å². The smallest absolute Gasteiger partial charge is 0.339 e. The van der Waals surface area contributed by atoms with Gasteiger partial charge in [0.05, 0.1) is 12.8 Å². The minimum atomic E-state index is -1.01. The van der Waals surface area contributed by atoms with E-state index in [-0.39, 0.29) is 11.4 Å². The minimum absolute atomic E-state index is 0.158. The summed E-state index contributed by atoms with van der Waals surface area (Å²) in [4.78, 5) is 12.8. The Bertz CT molecular complexity index is 580. The maximum atomic E-state index is 13.1. The number of carboxylic acid groups (broad SMARTS) is 1. The largest absolute Gasteiger partial charge is 0.478 e. The zero-order valence-corrected chi connectivity index (χ0v) is 10.5. The molecule has 0 spiro atoms. The SMILES string of the molecule is CN(Cc1cccc(F)c1)Cc1occc1C(=O)O. The summed E-state index contributed by atoms with van der Waals surface area (Å²) in [5, 5.41) is 8.97. The van der Waals surface area contributed by atoms with Crippen molar-refractivity contribution >= 4 is 5.97 Å². The predicted octanol–water partition coefficient (Wildman–Crippen LogP) is 2.75. The number of halogens is 1. The van der Waals surface area contributed by atoms with Gasteiger partial charge in [0.25, 0.3) is 0 Å². The molecule has 1 aromatic heterocycles. The molecule has 19 heavy (non-hydrogen) atoms. The van der Waals surface area contributed by atoms with E-state index in [0.717, 1.165) is 5.56 Å². The molecule has 1 heterocycles. The molecule has 0 saturated heterocycles. The van der Waals surface area contributed by atoms with E-state index in [4.69, 9.17) is 9.52 Å². The van der Waals surface area contributed by atoms with Crippen molar-refractivity contribution in [1.82, 2.24) is 4.90 Å². The van der Waals surface area contributed by atoms with Crippen LogP contribution in [0.2, 0.25) is 0 Å². The number of carbonyl (C=O) groups is 1. The summed E-state index contributed by atoms with van der Waals surface area (Å²) >= 11 is 0. The number of furan rings is 1. The second kappa shape index (κ2) is 5.67. The van der Waals surface area contributed by atoms with Crippen molar-refractivity contribution in [2.24, 2.45) is 0 Å². The average Bonchev–Trinajstić information content (AvgIpc) is 2.76. The third kappa shape index (κ3) is 3.42. The molecular weight excluding hydrogens is 249 g/mol. The van der Waals surface area contributed by atoms with Gasteiger partial charge in [0.2, 0.25) is 0 Å². The first-order valence-electron chi connectivity index (χ1n) is 5.79. The first-order valence-corrected chi connectivity index (χ1v) is 5.79. The van der Waals surface area contributed by atoms with Gasteiger partial charge in [-0.1, -0.05) is 12.1 Å². The summed E-state index contributed by atoms with van der Waals surface area (Å²) in [5.74, 6) is -0.899. The summed E-state index contributed by atoms with van der Waals surface area (Å²) in [6.07, 6.45) is 1.36. The standard InChI is InChI=1S/C14H14FNO3/c1-16(8-10-3-2-4-11(15)7-10)9-13-12(14(17)18)5-6-19-13/h2-7H,8-9H2,1H3,(H,17,18). The topological polar surface area (TPSA) is 53.7 Å². The molecule has 1 N–H and O–H groups in total. The van der Waals surface area contributed by atoms with Crippen LogP contribution in [0.15, 0.2) is 41.0 Å². The molecule has 2 aromatic rings. The van der Waals surface area contributed by atoms with Crippen molar-refractivity contribution in [3.8, 4) is 0 Å². The van der Waals surface area contributed by atoms with Gasteiger partial charge in [0, 0.05) is 6.54 Å². The molecule has 2 rings (SSSR count). The van der Waals surface area contributed by atoms with Crippen LogP contribution in [0.3, 0.4) is 0 Å². The number of hydrogen-bond acceptors (Lipinski definition) is 3. The first kappa shape index (κ1) is 13.3. The quantitative estimate of drug-likeness (QED) is 0.901. The van der Waals surface area contributed by atoms with Crippen LogP contribution in [-0.4, -0.2) is 23.0 Å². The number of rotatable bonds is 5. The maximum absolute atomic E-state index is 13.1. The molecule has 0 aliphatic carbocycles. The Labute approximate surface area is 110 Å². The molecule has 0 atom stereocenters. The molecule has 0 amide bonds. The lowest BCUT2D eigenvalue weighted by Gasteiger charge is -2.15. The predicted molar refractivity (Wildman–Crippen MR) is 67.2 cm³/mol. The second-order valence-corrected chi connectivity index (χ2v) is 4.36. The van der Waals surface area contributed by atoms with Crippen LogP contribution >= 0.6 is 0 Å². The number of benzene rings is 1. The Morgan fingerprint density at radius 2 is 2.16 bits per heavy atom. The third-order valence-electron chi connectivity index (χ3n) is 2.73. The maximum Gasteiger partial charge on any atom is 0.339 e. The van der Waals surface area contributed by atoms with Crippen LogP contribution in [0, 0.1) is 5.82 Å². The van der Waals surface area contributed by atoms with E-state index in [1.807, 2.05) is 18.0 Å². The van der Waals surface area contributed by atoms with E-state index < -0.39 is 5.97 Å². The summed E-state index contributed by atoms with van der Waals surface area (Å²) < 4.78 is 18.2. The summed E-state index contributed by atoms with van der Waals surface area (Å²) in [7, 11) is 1.82. The Balaban J connectivity index is 2.03. The van der Waals surface area contributed by atoms with E-state index in [1.165, 1.54) is 24.5 Å². The van der Waals surface area contributed by atoms with Gasteiger partial charge in [-0.15, -0.1) is 0 Å². The fourth-order valence-corrected chi connectivity index (χ4v) is 1.90. The third-order valence-corrected chi connectivity index (χ3v) is 2.73. The van der Waals surface area contributed by atoms with Crippen LogP contribution in [0.25, 0.3) is 0 Å². The fraction of sp³-hybridized carbons (Fsp3) is 0.214. The molecular formula is C14H14FNO3. The second-order valence-electron chi connectivity index (χ2n) is 4.36. The summed E-state index contributed by atoms with van der Waals surface area (Å²) in [6, 6.07) is 7.73. The van der Waals surface area contributed by atoms with E-state index in [9.17, 15) is 9.18 Å². The van der Waals surface area contributed by atoms with E-state index >= 15 is 0 Å². The highest BCUT2D eigenvalue weighted by atomic mass is 19.1. The highest BCUT2D eigenvalue weighted by Gasteiger charge is 2.15. The van der Waals surface area contributed by atoms with Crippen molar-refractivity contribution in [1.29, 1.82) is 0 Å². The van der Waals surface area contributed by atoms with E-state index in [0.29, 0.717) is 18.8 Å². The van der Waals surface area contributed by atoms with Crippen LogP contribution in [0.5, 0.6) is 0 Å². The Hall–Kier alpha value is -2.14. The molecule has 1 aromatic carbocycles. The number of hydrogen-bond donors (Lipinski definition) is 1. The van der Waals surface area contributed by atoms with Gasteiger partial charge in [-0.25, -0.2) is 9.18 Å². The zero-order chi connectivity index (χ0) is 13.8. The molecule has 0 radical (unpaired) electrons. The van der Waals surface area contributed by atoms with Crippen LogP contribution < -0.4 is 0 Å². The molecule has 5 heteroatoms. The summed E-state index contributed by atoms with van der Waals surface area (Å²) in [6.45, 7) is 0.864. The van der Waals surface area contributed by atoms with Crippen molar-refractivity contribution in [3.63, 3.8) is 0 Å². The van der Waals surface area contributed by atoms with Gasteiger partial charge in [-0.2, -0.15) is 0 Å². The molecule has 0 aliphatic rings. The monoisotopic (exact) mass is 263 g/mol. The van der Waals surface area contributed by atoms with E-state index in [2.05, 4.69) is 0 Å². The lowest BCUT2D eigenvalue weighted by Crippen LogP contribution is -2.18. The van der Waals surface area contributed by atoms with Crippen molar-refractivity contribution in [2.75, 3.05) is 7.05 Å². The van der Waals surface area contributed by atoms with Gasteiger partial charge in [-0.3, -0.25) is 4.90 Å². The minimum Gasteiger partial charge on any atom is -0.478 e. The Kier molecular flexibility index (Phi) is 3.97. The fourth-order valence-electron chi connectivity index (χ4n) is 1.90.